The van der Waals surface area contributed by atoms with Crippen LogP contribution >= 0.6 is 23.2 Å². The maximum absolute atomic E-state index is 11.0. The standard InChI is InChI=1S/C20H24Cl2N2O4/c1-3-7-24(23-12-18(25)13-5-4-6-15(21)8-13)17-11-19(28-2)14(9-16(17)22)10-20(26)27/h4-6,8-9,11,18,23,25H,3,7,10,12H2,1-2H3,(H,26,27)/t18-/m0/s1. The fourth-order valence-electron chi connectivity index (χ4n) is 2.82. The number of hydrogen-bond acceptors (Lipinski definition) is 5. The number of aliphatic hydroxyl groups excluding tert-OH is 1. The van der Waals surface area contributed by atoms with Gasteiger partial charge in [0.05, 0.1) is 30.3 Å². The number of methoxy groups -OCH3 is 1. The van der Waals surface area contributed by atoms with Crippen molar-refractivity contribution in [3.05, 3.63) is 57.6 Å². The first-order chi connectivity index (χ1) is 13.3. The van der Waals surface area contributed by atoms with Crippen LogP contribution in [-0.4, -0.2) is 36.4 Å². The molecule has 2 rings (SSSR count). The van der Waals surface area contributed by atoms with Crippen molar-refractivity contribution in [3.8, 4) is 5.75 Å². The van der Waals surface area contributed by atoms with Gasteiger partial charge in [-0.3, -0.25) is 4.79 Å². The van der Waals surface area contributed by atoms with Crippen LogP contribution in [0.25, 0.3) is 0 Å². The highest BCUT2D eigenvalue weighted by molar-refractivity contribution is 6.33. The van der Waals surface area contributed by atoms with E-state index in [-0.39, 0.29) is 13.0 Å². The van der Waals surface area contributed by atoms with Gasteiger partial charge in [-0.2, -0.15) is 0 Å². The van der Waals surface area contributed by atoms with Gasteiger partial charge in [0.1, 0.15) is 5.75 Å². The Labute approximate surface area is 174 Å². The van der Waals surface area contributed by atoms with Crippen molar-refractivity contribution in [1.82, 2.24) is 5.43 Å². The van der Waals surface area contributed by atoms with E-state index in [0.717, 1.165) is 6.42 Å². The largest absolute Gasteiger partial charge is 0.496 e. The van der Waals surface area contributed by atoms with Gasteiger partial charge in [-0.05, 0) is 30.2 Å². The Morgan fingerprint density at radius 1 is 1.29 bits per heavy atom. The third-order valence-corrected chi connectivity index (χ3v) is 4.68. The van der Waals surface area contributed by atoms with Crippen LogP contribution in [0.4, 0.5) is 5.69 Å². The number of halogens is 2. The molecule has 0 bridgehead atoms. The molecule has 0 unspecified atom stereocenters. The summed E-state index contributed by atoms with van der Waals surface area (Å²) in [6.45, 7) is 2.89. The van der Waals surface area contributed by atoms with Gasteiger partial charge in [0.15, 0.2) is 0 Å². The van der Waals surface area contributed by atoms with E-state index in [0.29, 0.717) is 39.2 Å². The number of benzene rings is 2. The summed E-state index contributed by atoms with van der Waals surface area (Å²) in [5, 5.41) is 22.3. The van der Waals surface area contributed by atoms with Gasteiger partial charge in [0.25, 0.3) is 0 Å². The van der Waals surface area contributed by atoms with E-state index in [4.69, 9.17) is 33.0 Å². The first kappa shape index (κ1) is 22.3. The Morgan fingerprint density at radius 2 is 2.04 bits per heavy atom. The van der Waals surface area contributed by atoms with Crippen LogP contribution in [0.5, 0.6) is 5.75 Å². The number of carboxylic acid groups (broad SMARTS) is 1. The summed E-state index contributed by atoms with van der Waals surface area (Å²) < 4.78 is 5.34. The molecule has 0 aromatic heterocycles. The molecule has 152 valence electrons. The van der Waals surface area contributed by atoms with Crippen molar-refractivity contribution in [2.45, 2.75) is 25.9 Å². The third kappa shape index (κ3) is 6.01. The lowest BCUT2D eigenvalue weighted by molar-refractivity contribution is -0.136. The normalized spacial score (nSPS) is 11.9. The topological polar surface area (TPSA) is 82.0 Å². The molecular formula is C20H24Cl2N2O4. The van der Waals surface area contributed by atoms with E-state index >= 15 is 0 Å². The maximum atomic E-state index is 11.0. The van der Waals surface area contributed by atoms with Crippen LogP contribution in [0.2, 0.25) is 10.0 Å². The minimum Gasteiger partial charge on any atom is -0.496 e. The highest BCUT2D eigenvalue weighted by atomic mass is 35.5. The summed E-state index contributed by atoms with van der Waals surface area (Å²) in [6.07, 6.45) is -0.113. The number of ether oxygens (including phenoxy) is 1. The summed E-state index contributed by atoms with van der Waals surface area (Å²) in [5.41, 5.74) is 5.04. The van der Waals surface area contributed by atoms with E-state index in [1.807, 2.05) is 11.9 Å². The zero-order valence-electron chi connectivity index (χ0n) is 15.8. The number of aliphatic carboxylic acids is 1. The Morgan fingerprint density at radius 3 is 2.64 bits per heavy atom. The van der Waals surface area contributed by atoms with Gasteiger partial charge in [-0.15, -0.1) is 0 Å². The van der Waals surface area contributed by atoms with Crippen LogP contribution in [0.3, 0.4) is 0 Å². The summed E-state index contributed by atoms with van der Waals surface area (Å²) in [6, 6.07) is 10.4. The molecule has 6 nitrogen and oxygen atoms in total. The summed E-state index contributed by atoms with van der Waals surface area (Å²) in [5.74, 6) is -0.518. The van der Waals surface area contributed by atoms with E-state index in [2.05, 4.69) is 5.43 Å². The van der Waals surface area contributed by atoms with Crippen molar-refractivity contribution in [2.75, 3.05) is 25.2 Å². The molecule has 0 radical (unpaired) electrons. The molecule has 0 spiro atoms. The molecule has 0 aliphatic carbocycles. The average molecular weight is 427 g/mol. The third-order valence-electron chi connectivity index (χ3n) is 4.14. The van der Waals surface area contributed by atoms with Crippen molar-refractivity contribution in [2.24, 2.45) is 0 Å². The Kier molecular flexibility index (Phi) is 8.38. The molecule has 3 N–H and O–H groups in total. The highest BCUT2D eigenvalue weighted by Crippen LogP contribution is 2.33. The van der Waals surface area contributed by atoms with E-state index in [9.17, 15) is 9.90 Å². The Bertz CT molecular complexity index is 817. The molecule has 1 atom stereocenters. The maximum Gasteiger partial charge on any atom is 0.307 e. The fourth-order valence-corrected chi connectivity index (χ4v) is 3.31. The first-order valence-corrected chi connectivity index (χ1v) is 9.64. The summed E-state index contributed by atoms with van der Waals surface area (Å²) >= 11 is 12.4. The van der Waals surface area contributed by atoms with E-state index in [1.165, 1.54) is 7.11 Å². The number of nitrogens with one attached hydrogen (secondary N) is 1. The van der Waals surface area contributed by atoms with Crippen LogP contribution in [0.1, 0.15) is 30.6 Å². The van der Waals surface area contributed by atoms with Crippen molar-refractivity contribution < 1.29 is 19.7 Å². The zero-order chi connectivity index (χ0) is 20.7. The predicted octanol–water partition coefficient (Wildman–Crippen LogP) is 4.08. The molecule has 0 fully saturated rings. The highest BCUT2D eigenvalue weighted by Gasteiger charge is 2.17. The second kappa shape index (κ2) is 10.5. The van der Waals surface area contributed by atoms with Gasteiger partial charge in [0, 0.05) is 29.7 Å². The summed E-state index contributed by atoms with van der Waals surface area (Å²) in [7, 11) is 1.48. The molecule has 2 aromatic carbocycles. The van der Waals surface area contributed by atoms with E-state index < -0.39 is 12.1 Å². The number of nitrogens with zero attached hydrogens (tertiary/aromatic N) is 1. The number of carboxylic acids is 1. The number of carbonyl (C=O) groups is 1. The van der Waals surface area contributed by atoms with Gasteiger partial charge >= 0.3 is 5.97 Å². The second-order valence-electron chi connectivity index (χ2n) is 6.27. The Hall–Kier alpha value is -1.99. The molecular weight excluding hydrogens is 403 g/mol. The molecule has 2 aromatic rings. The lowest BCUT2D eigenvalue weighted by atomic mass is 10.1. The number of hydrazine groups is 1. The monoisotopic (exact) mass is 426 g/mol. The van der Waals surface area contributed by atoms with Gasteiger partial charge in [-0.1, -0.05) is 42.3 Å². The Balaban J connectivity index is 2.21. The molecule has 0 saturated carbocycles. The zero-order valence-corrected chi connectivity index (χ0v) is 17.3. The number of aliphatic hydroxyl groups is 1. The fraction of sp³-hybridized carbons (Fsp3) is 0.350. The van der Waals surface area contributed by atoms with Crippen LogP contribution < -0.4 is 15.2 Å². The molecule has 0 saturated heterocycles. The lowest BCUT2D eigenvalue weighted by Gasteiger charge is -2.28. The SMILES string of the molecule is CCCN(NC[C@H](O)c1cccc(Cl)c1)c1cc(OC)c(CC(=O)O)cc1Cl. The smallest absolute Gasteiger partial charge is 0.307 e. The number of hydrogen-bond donors (Lipinski definition) is 3. The molecule has 0 aliphatic heterocycles. The van der Waals surface area contributed by atoms with Crippen LogP contribution in [-0.2, 0) is 11.2 Å². The molecule has 28 heavy (non-hydrogen) atoms. The van der Waals surface area contributed by atoms with Crippen molar-refractivity contribution in [3.63, 3.8) is 0 Å². The summed E-state index contributed by atoms with van der Waals surface area (Å²) in [4.78, 5) is 11.0. The minimum absolute atomic E-state index is 0.183. The predicted molar refractivity (Wildman–Crippen MR) is 111 cm³/mol. The molecule has 0 amide bonds. The van der Waals surface area contributed by atoms with Gasteiger partial charge in [0.2, 0.25) is 0 Å². The van der Waals surface area contributed by atoms with Crippen LogP contribution in [0.15, 0.2) is 36.4 Å². The minimum atomic E-state index is -0.963. The number of anilines is 1. The molecule has 8 heteroatoms. The van der Waals surface area contributed by atoms with Crippen molar-refractivity contribution in [1.29, 1.82) is 0 Å². The van der Waals surface area contributed by atoms with E-state index in [1.54, 1.807) is 36.4 Å². The lowest BCUT2D eigenvalue weighted by Crippen LogP contribution is -2.41. The van der Waals surface area contributed by atoms with Crippen molar-refractivity contribution >= 4 is 34.9 Å². The molecule has 0 heterocycles. The average Bonchev–Trinajstić information content (AvgIpc) is 2.65. The van der Waals surface area contributed by atoms with Gasteiger partial charge in [-0.25, -0.2) is 5.43 Å². The van der Waals surface area contributed by atoms with Crippen LogP contribution in [0, 0.1) is 0 Å². The number of rotatable bonds is 10. The quantitative estimate of drug-likeness (QED) is 0.496. The second-order valence-corrected chi connectivity index (χ2v) is 7.11. The van der Waals surface area contributed by atoms with Gasteiger partial charge < -0.3 is 20.0 Å². The first-order valence-electron chi connectivity index (χ1n) is 8.88. The molecule has 0 aliphatic rings.